The number of halogens is 2. The van der Waals surface area contributed by atoms with E-state index in [1.54, 1.807) is 31.2 Å². The molecule has 0 aliphatic rings. The molecule has 2 aromatic rings. The van der Waals surface area contributed by atoms with Gasteiger partial charge in [-0.3, -0.25) is 4.79 Å². The highest BCUT2D eigenvalue weighted by atomic mass is 19.1. The zero-order chi connectivity index (χ0) is 14.7. The molecule has 0 heterocycles. The molecule has 0 saturated heterocycles. The molecule has 2 nitrogen and oxygen atoms in total. The van der Waals surface area contributed by atoms with Crippen LogP contribution in [-0.2, 0) is 0 Å². The van der Waals surface area contributed by atoms with Crippen LogP contribution in [0.3, 0.4) is 0 Å². The molecule has 0 bridgehead atoms. The normalized spacial score (nSPS) is 11.7. The number of nitriles is 1. The summed E-state index contributed by atoms with van der Waals surface area (Å²) in [6.45, 7) is 1.76. The number of hydrogen-bond acceptors (Lipinski definition) is 2. The highest BCUT2D eigenvalue weighted by Gasteiger charge is 2.25. The van der Waals surface area contributed by atoms with E-state index in [0.717, 1.165) is 23.8 Å². The fraction of sp³-hybridized carbons (Fsp3) is 0.125. The number of carbonyl (C=O) groups excluding carboxylic acids is 1. The number of rotatable bonds is 3. The second-order valence-electron chi connectivity index (χ2n) is 4.41. The van der Waals surface area contributed by atoms with Crippen molar-refractivity contribution in [3.8, 4) is 6.07 Å². The van der Waals surface area contributed by atoms with Gasteiger partial charge in [-0.25, -0.2) is 8.78 Å². The largest absolute Gasteiger partial charge is 0.292 e. The van der Waals surface area contributed by atoms with Gasteiger partial charge >= 0.3 is 0 Å². The van der Waals surface area contributed by atoms with Crippen molar-refractivity contribution in [1.82, 2.24) is 0 Å². The van der Waals surface area contributed by atoms with Crippen LogP contribution in [0, 0.1) is 29.9 Å². The first-order valence-electron chi connectivity index (χ1n) is 5.99. The van der Waals surface area contributed by atoms with Crippen molar-refractivity contribution in [1.29, 1.82) is 5.26 Å². The number of aryl methyl sites for hydroxylation is 1. The van der Waals surface area contributed by atoms with E-state index in [4.69, 9.17) is 0 Å². The SMILES string of the molecule is Cc1ccccc1C(C#N)C(=O)c1cc(F)ccc1F. The van der Waals surface area contributed by atoms with E-state index in [0.29, 0.717) is 5.56 Å². The topological polar surface area (TPSA) is 40.9 Å². The smallest absolute Gasteiger partial charge is 0.187 e. The van der Waals surface area contributed by atoms with Gasteiger partial charge in [-0.05, 0) is 36.2 Å². The lowest BCUT2D eigenvalue weighted by Crippen LogP contribution is -2.14. The molecule has 100 valence electrons. The van der Waals surface area contributed by atoms with Gasteiger partial charge in [-0.2, -0.15) is 5.26 Å². The molecular weight excluding hydrogens is 260 g/mol. The molecule has 0 aliphatic heterocycles. The van der Waals surface area contributed by atoms with E-state index in [2.05, 4.69) is 0 Å². The monoisotopic (exact) mass is 271 g/mol. The zero-order valence-electron chi connectivity index (χ0n) is 10.7. The van der Waals surface area contributed by atoms with Gasteiger partial charge in [0.2, 0.25) is 0 Å². The molecule has 0 saturated carbocycles. The Hall–Kier alpha value is -2.54. The Kier molecular flexibility index (Phi) is 3.90. The van der Waals surface area contributed by atoms with Crippen LogP contribution >= 0.6 is 0 Å². The van der Waals surface area contributed by atoms with Crippen molar-refractivity contribution < 1.29 is 13.6 Å². The highest BCUT2D eigenvalue weighted by molar-refractivity contribution is 6.03. The molecule has 4 heteroatoms. The van der Waals surface area contributed by atoms with Gasteiger partial charge in [-0.1, -0.05) is 24.3 Å². The maximum Gasteiger partial charge on any atom is 0.187 e. The van der Waals surface area contributed by atoms with Crippen molar-refractivity contribution in [3.63, 3.8) is 0 Å². The lowest BCUT2D eigenvalue weighted by molar-refractivity contribution is 0.0974. The van der Waals surface area contributed by atoms with Crippen LogP contribution in [0.15, 0.2) is 42.5 Å². The van der Waals surface area contributed by atoms with Crippen molar-refractivity contribution >= 4 is 5.78 Å². The average Bonchev–Trinajstić information content (AvgIpc) is 2.44. The third kappa shape index (κ3) is 2.57. The number of carbonyl (C=O) groups is 1. The lowest BCUT2D eigenvalue weighted by atomic mass is 9.89. The summed E-state index contributed by atoms with van der Waals surface area (Å²) in [4.78, 5) is 12.3. The number of ketones is 1. The summed E-state index contributed by atoms with van der Waals surface area (Å²) in [5, 5.41) is 9.21. The van der Waals surface area contributed by atoms with E-state index in [-0.39, 0.29) is 0 Å². The van der Waals surface area contributed by atoms with Gasteiger partial charge < -0.3 is 0 Å². The number of nitrogens with zero attached hydrogens (tertiary/aromatic N) is 1. The van der Waals surface area contributed by atoms with Crippen LogP contribution in [0.25, 0.3) is 0 Å². The summed E-state index contributed by atoms with van der Waals surface area (Å²) in [6.07, 6.45) is 0. The Morgan fingerprint density at radius 1 is 1.20 bits per heavy atom. The van der Waals surface area contributed by atoms with Gasteiger partial charge in [0.1, 0.15) is 17.6 Å². The second-order valence-corrected chi connectivity index (χ2v) is 4.41. The van der Waals surface area contributed by atoms with Crippen LogP contribution in [-0.4, -0.2) is 5.78 Å². The average molecular weight is 271 g/mol. The second kappa shape index (κ2) is 5.62. The third-order valence-electron chi connectivity index (χ3n) is 3.08. The maximum atomic E-state index is 13.6. The summed E-state index contributed by atoms with van der Waals surface area (Å²) in [5.41, 5.74) is 0.854. The van der Waals surface area contributed by atoms with E-state index < -0.39 is 28.9 Å². The molecule has 1 atom stereocenters. The molecule has 0 spiro atoms. The Labute approximate surface area is 115 Å². The first-order chi connectivity index (χ1) is 9.54. The summed E-state index contributed by atoms with van der Waals surface area (Å²) >= 11 is 0. The van der Waals surface area contributed by atoms with E-state index in [9.17, 15) is 18.8 Å². The van der Waals surface area contributed by atoms with Gasteiger partial charge in [0.05, 0.1) is 11.6 Å². The minimum absolute atomic E-state index is 0.403. The van der Waals surface area contributed by atoms with Crippen molar-refractivity contribution in [2.75, 3.05) is 0 Å². The van der Waals surface area contributed by atoms with Crippen molar-refractivity contribution in [3.05, 3.63) is 70.8 Å². The van der Waals surface area contributed by atoms with Gasteiger partial charge in [0, 0.05) is 0 Å². The van der Waals surface area contributed by atoms with Crippen LogP contribution in [0.1, 0.15) is 27.4 Å². The molecule has 0 aliphatic carbocycles. The summed E-state index contributed by atoms with van der Waals surface area (Å²) in [6, 6.07) is 11.4. The predicted molar refractivity (Wildman–Crippen MR) is 70.2 cm³/mol. The summed E-state index contributed by atoms with van der Waals surface area (Å²) in [5.74, 6) is -3.42. The third-order valence-corrected chi connectivity index (χ3v) is 3.08. The van der Waals surface area contributed by atoms with E-state index >= 15 is 0 Å². The summed E-state index contributed by atoms with van der Waals surface area (Å²) < 4.78 is 26.8. The maximum absolute atomic E-state index is 13.6. The van der Waals surface area contributed by atoms with Crippen molar-refractivity contribution in [2.45, 2.75) is 12.8 Å². The number of hydrogen-bond donors (Lipinski definition) is 0. The molecule has 0 fully saturated rings. The Morgan fingerprint density at radius 3 is 2.55 bits per heavy atom. The Morgan fingerprint density at radius 2 is 1.90 bits per heavy atom. The molecule has 20 heavy (non-hydrogen) atoms. The molecule has 1 unspecified atom stereocenters. The zero-order valence-corrected chi connectivity index (χ0v) is 10.7. The molecular formula is C16H11F2NO. The summed E-state index contributed by atoms with van der Waals surface area (Å²) in [7, 11) is 0. The standard InChI is InChI=1S/C16H11F2NO/c1-10-4-2-3-5-12(10)14(9-19)16(20)13-8-11(17)6-7-15(13)18/h2-8,14H,1H3. The van der Waals surface area contributed by atoms with Crippen LogP contribution in [0.4, 0.5) is 8.78 Å². The van der Waals surface area contributed by atoms with Gasteiger partial charge in [-0.15, -0.1) is 0 Å². The van der Waals surface area contributed by atoms with E-state index in [1.807, 2.05) is 6.07 Å². The van der Waals surface area contributed by atoms with Crippen LogP contribution in [0.2, 0.25) is 0 Å². The molecule has 2 aromatic carbocycles. The van der Waals surface area contributed by atoms with Crippen LogP contribution < -0.4 is 0 Å². The minimum atomic E-state index is -1.15. The fourth-order valence-electron chi connectivity index (χ4n) is 2.02. The molecule has 0 aromatic heterocycles. The molecule has 0 amide bonds. The quantitative estimate of drug-likeness (QED) is 0.797. The number of benzene rings is 2. The fourth-order valence-corrected chi connectivity index (χ4v) is 2.02. The molecule has 0 N–H and O–H groups in total. The van der Waals surface area contributed by atoms with Crippen LogP contribution in [0.5, 0.6) is 0 Å². The Balaban J connectivity index is 2.48. The van der Waals surface area contributed by atoms with E-state index in [1.165, 1.54) is 0 Å². The predicted octanol–water partition coefficient (Wildman–Crippen LogP) is 3.76. The first-order valence-corrected chi connectivity index (χ1v) is 5.99. The number of Topliss-reactive ketones (excluding diaryl/α,β-unsaturated/α-hetero) is 1. The Bertz CT molecular complexity index is 704. The lowest BCUT2D eigenvalue weighted by Gasteiger charge is -2.12. The van der Waals surface area contributed by atoms with Gasteiger partial charge in [0.25, 0.3) is 0 Å². The molecule has 0 radical (unpaired) electrons. The van der Waals surface area contributed by atoms with Gasteiger partial charge in [0.15, 0.2) is 5.78 Å². The molecule has 2 rings (SSSR count). The van der Waals surface area contributed by atoms with Crippen molar-refractivity contribution in [2.24, 2.45) is 0 Å². The first kappa shape index (κ1) is 13.9. The minimum Gasteiger partial charge on any atom is -0.292 e. The highest BCUT2D eigenvalue weighted by Crippen LogP contribution is 2.25.